The van der Waals surface area contributed by atoms with Crippen molar-refractivity contribution in [1.29, 1.82) is 0 Å². The van der Waals surface area contributed by atoms with Gasteiger partial charge in [0.2, 0.25) is 0 Å². The number of ether oxygens (including phenoxy) is 5. The van der Waals surface area contributed by atoms with E-state index in [1.165, 1.54) is 24.3 Å². The molecular formula is C50H42Cl4F4N2O10. The summed E-state index contributed by atoms with van der Waals surface area (Å²) < 4.78 is 80.5. The lowest BCUT2D eigenvalue weighted by atomic mass is 10.0. The molecule has 12 nitrogen and oxygen atoms in total. The number of hydrogen-bond donors (Lipinski definition) is 3. The van der Waals surface area contributed by atoms with Gasteiger partial charge in [0.1, 0.15) is 26.4 Å². The van der Waals surface area contributed by atoms with E-state index in [9.17, 15) is 41.8 Å². The number of halogens is 8. The van der Waals surface area contributed by atoms with Crippen LogP contribution < -0.4 is 29.6 Å². The van der Waals surface area contributed by atoms with E-state index in [0.29, 0.717) is 42.3 Å². The van der Waals surface area contributed by atoms with Crippen LogP contribution in [0.1, 0.15) is 52.4 Å². The first-order valence-electron chi connectivity index (χ1n) is 20.9. The van der Waals surface area contributed by atoms with E-state index in [2.05, 4.69) is 0 Å². The molecule has 368 valence electrons. The van der Waals surface area contributed by atoms with Crippen molar-refractivity contribution in [2.45, 2.75) is 58.3 Å². The number of nitrogens with one attached hydrogen (secondary N) is 2. The molecule has 0 spiro atoms. The summed E-state index contributed by atoms with van der Waals surface area (Å²) in [5, 5.41) is 15.3. The van der Waals surface area contributed by atoms with Gasteiger partial charge in [0.05, 0.1) is 6.61 Å². The van der Waals surface area contributed by atoms with Crippen LogP contribution in [0.4, 0.5) is 17.6 Å². The quantitative estimate of drug-likeness (QED) is 0.0468. The summed E-state index contributed by atoms with van der Waals surface area (Å²) in [6.45, 7) is 1.50. The third kappa shape index (κ3) is 15.4. The predicted octanol–water partition coefficient (Wildman–Crippen LogP) is 11.8. The van der Waals surface area contributed by atoms with Gasteiger partial charge in [-0.15, -0.1) is 0 Å². The molecule has 2 unspecified atom stereocenters. The van der Waals surface area contributed by atoms with Gasteiger partial charge in [0.25, 0.3) is 11.8 Å². The van der Waals surface area contributed by atoms with E-state index in [1.54, 1.807) is 116 Å². The highest BCUT2D eigenvalue weighted by Crippen LogP contribution is 2.39. The summed E-state index contributed by atoms with van der Waals surface area (Å²) in [5.41, 5.74) is 2.58. The second-order valence-corrected chi connectivity index (χ2v) is 16.1. The lowest BCUT2D eigenvalue weighted by Crippen LogP contribution is -2.38. The van der Waals surface area contributed by atoms with Crippen LogP contribution >= 0.6 is 46.4 Å². The number of carbonyl (C=O) groups is 4. The Kier molecular flexibility index (Phi) is 20.8. The zero-order valence-electron chi connectivity index (χ0n) is 36.7. The number of carboxylic acids is 1. The molecule has 6 aromatic carbocycles. The molecule has 2 atom stereocenters. The van der Waals surface area contributed by atoms with E-state index in [-0.39, 0.29) is 67.2 Å². The molecule has 0 aliphatic heterocycles. The Morgan fingerprint density at radius 1 is 0.486 bits per heavy atom. The predicted molar refractivity (Wildman–Crippen MR) is 254 cm³/mol. The fraction of sp³-hybridized carbons (Fsp3) is 0.200. The van der Waals surface area contributed by atoms with Gasteiger partial charge in [-0.1, -0.05) is 143 Å². The van der Waals surface area contributed by atoms with Crippen LogP contribution in [0.15, 0.2) is 133 Å². The zero-order valence-corrected chi connectivity index (χ0v) is 39.7. The molecular weight excluding hydrogens is 1010 g/mol. The van der Waals surface area contributed by atoms with Crippen LogP contribution in [0, 0.1) is 0 Å². The van der Waals surface area contributed by atoms with Gasteiger partial charge < -0.3 is 39.4 Å². The normalized spacial score (nSPS) is 11.6. The molecule has 0 saturated heterocycles. The maximum atomic E-state index is 13.0. The molecule has 0 heterocycles. The smallest absolute Gasteiger partial charge is 0.333 e. The number of amides is 2. The van der Waals surface area contributed by atoms with Gasteiger partial charge in [-0.2, -0.15) is 17.6 Å². The van der Waals surface area contributed by atoms with Crippen molar-refractivity contribution in [3.05, 3.63) is 187 Å². The highest BCUT2D eigenvalue weighted by molar-refractivity contribution is 6.32. The van der Waals surface area contributed by atoms with E-state index in [1.807, 2.05) is 10.6 Å². The number of esters is 1. The number of alkyl halides is 4. The topological polar surface area (TPSA) is 159 Å². The van der Waals surface area contributed by atoms with E-state index >= 15 is 0 Å². The molecule has 6 aromatic rings. The van der Waals surface area contributed by atoms with E-state index < -0.39 is 48.7 Å². The highest BCUT2D eigenvalue weighted by atomic mass is 35.5. The Balaban J connectivity index is 0.000000261. The minimum absolute atomic E-state index is 0.0205. The average Bonchev–Trinajstić information content (AvgIpc) is 3.34. The van der Waals surface area contributed by atoms with Crippen LogP contribution in [-0.4, -0.2) is 48.3 Å². The Hall–Kier alpha value is -6.72. The molecule has 2 amide bonds. The molecule has 0 fully saturated rings. The summed E-state index contributed by atoms with van der Waals surface area (Å²) in [5.74, 6) is -5.52. The number of rotatable bonds is 21. The zero-order chi connectivity index (χ0) is 50.7. The standard InChI is InChI=1S/C26H23Cl2F2NO5.C24H19Cl2F2NO5/c1-2-34-26(33)22(31-25(32)24(29)30)18-10-7-13-21(35-14-16-8-3-5-11-19(16)27)23(18)36-15-17-9-4-6-12-20(17)28;25-17-9-3-1-6-14(17)12-33-19-11-5-8-16(20(24(31)32)29-23(30)22(27)28)21(19)34-13-15-7-2-4-10-18(15)26/h3-13,22,24H,2,14-15H2,1H3,(H,31,32);1-11,20,22H,12-13H2,(H,29,30)(H,31,32). The fourth-order valence-electron chi connectivity index (χ4n) is 6.30. The van der Waals surface area contributed by atoms with Crippen LogP contribution in [0.5, 0.6) is 23.0 Å². The lowest BCUT2D eigenvalue weighted by Gasteiger charge is -2.22. The molecule has 70 heavy (non-hydrogen) atoms. The number of para-hydroxylation sites is 2. The average molecular weight is 1050 g/mol. The first-order valence-corrected chi connectivity index (χ1v) is 22.4. The molecule has 0 bridgehead atoms. The summed E-state index contributed by atoms with van der Waals surface area (Å²) in [4.78, 5) is 48.0. The first kappa shape index (κ1) is 54.2. The lowest BCUT2D eigenvalue weighted by molar-refractivity contribution is -0.149. The number of aliphatic carboxylic acids is 1. The molecule has 6 rings (SSSR count). The maximum absolute atomic E-state index is 13.0. The molecule has 0 radical (unpaired) electrons. The van der Waals surface area contributed by atoms with Gasteiger partial charge in [0, 0.05) is 53.5 Å². The van der Waals surface area contributed by atoms with Crippen molar-refractivity contribution >= 4 is 70.2 Å². The molecule has 0 aliphatic carbocycles. The van der Waals surface area contributed by atoms with Crippen LogP contribution in [0.3, 0.4) is 0 Å². The molecule has 20 heteroatoms. The Morgan fingerprint density at radius 3 is 1.14 bits per heavy atom. The van der Waals surface area contributed by atoms with Gasteiger partial charge in [-0.25, -0.2) is 9.59 Å². The minimum atomic E-state index is -3.39. The van der Waals surface area contributed by atoms with Crippen molar-refractivity contribution < 1.29 is 65.5 Å². The van der Waals surface area contributed by atoms with Gasteiger partial charge in [0.15, 0.2) is 35.1 Å². The number of benzene rings is 6. The second-order valence-electron chi connectivity index (χ2n) is 14.4. The van der Waals surface area contributed by atoms with Crippen molar-refractivity contribution in [3.8, 4) is 23.0 Å². The van der Waals surface area contributed by atoms with Crippen LogP contribution in [0.25, 0.3) is 0 Å². The number of carbonyl (C=O) groups excluding carboxylic acids is 3. The Labute approximate surface area is 419 Å². The van der Waals surface area contributed by atoms with Crippen LogP contribution in [0.2, 0.25) is 20.1 Å². The van der Waals surface area contributed by atoms with Crippen molar-refractivity contribution in [2.75, 3.05) is 6.61 Å². The minimum Gasteiger partial charge on any atom is -0.485 e. The van der Waals surface area contributed by atoms with Crippen molar-refractivity contribution in [3.63, 3.8) is 0 Å². The van der Waals surface area contributed by atoms with Gasteiger partial charge in [-0.05, 0) is 43.3 Å². The molecule has 0 aliphatic rings. The SMILES string of the molecule is CCOC(=O)C(NC(=O)C(F)F)c1cccc(OCc2ccccc2Cl)c1OCc1ccccc1Cl.O=C(NC(C(=O)O)c1cccc(OCc2ccccc2Cl)c1OCc1ccccc1Cl)C(F)F. The van der Waals surface area contributed by atoms with Crippen LogP contribution in [-0.2, 0) is 50.3 Å². The van der Waals surface area contributed by atoms with Gasteiger partial charge in [-0.3, -0.25) is 9.59 Å². The molecule has 0 saturated carbocycles. The molecule has 0 aromatic heterocycles. The largest absolute Gasteiger partial charge is 0.485 e. The van der Waals surface area contributed by atoms with Crippen molar-refractivity contribution in [2.24, 2.45) is 0 Å². The van der Waals surface area contributed by atoms with E-state index in [0.717, 1.165) is 0 Å². The summed E-state index contributed by atoms with van der Waals surface area (Å²) in [7, 11) is 0. The number of hydrogen-bond acceptors (Lipinski definition) is 9. The summed E-state index contributed by atoms with van der Waals surface area (Å²) in [6.07, 6.45) is -6.73. The summed E-state index contributed by atoms with van der Waals surface area (Å²) >= 11 is 24.8. The third-order valence-corrected chi connectivity index (χ3v) is 11.2. The molecule has 3 N–H and O–H groups in total. The highest BCUT2D eigenvalue weighted by Gasteiger charge is 2.33. The summed E-state index contributed by atoms with van der Waals surface area (Å²) in [6, 6.07) is 33.4. The van der Waals surface area contributed by atoms with E-state index in [4.69, 9.17) is 70.1 Å². The monoisotopic (exact) mass is 1050 g/mol. The fourth-order valence-corrected chi connectivity index (χ4v) is 7.06. The second kappa shape index (κ2) is 26.9. The van der Waals surface area contributed by atoms with Crippen molar-refractivity contribution in [1.82, 2.24) is 10.6 Å². The number of carboxylic acid groups (broad SMARTS) is 1. The Bertz CT molecular complexity index is 2750. The first-order chi connectivity index (χ1) is 33.6. The maximum Gasteiger partial charge on any atom is 0.333 e. The van der Waals surface area contributed by atoms with Gasteiger partial charge >= 0.3 is 24.8 Å². The third-order valence-electron chi connectivity index (χ3n) is 9.72. The Morgan fingerprint density at radius 2 is 0.814 bits per heavy atom.